The highest BCUT2D eigenvalue weighted by atomic mass is 35.5. The summed E-state index contributed by atoms with van der Waals surface area (Å²) in [5.74, 6) is -3.09. The second kappa shape index (κ2) is 10.1. The van der Waals surface area contributed by atoms with E-state index in [0.29, 0.717) is 22.2 Å². The molecule has 1 atom stereocenters. The van der Waals surface area contributed by atoms with E-state index in [0.717, 1.165) is 0 Å². The van der Waals surface area contributed by atoms with Crippen LogP contribution >= 0.6 is 11.6 Å². The minimum absolute atomic E-state index is 0.0276. The second-order valence-electron chi connectivity index (χ2n) is 8.67. The van der Waals surface area contributed by atoms with Gasteiger partial charge in [0.25, 0.3) is 11.8 Å². The number of carbonyl (C=O) groups is 3. The van der Waals surface area contributed by atoms with E-state index in [2.05, 4.69) is 15.7 Å². The van der Waals surface area contributed by atoms with E-state index in [1.807, 2.05) is 0 Å². The van der Waals surface area contributed by atoms with Crippen LogP contribution < -0.4 is 10.6 Å². The van der Waals surface area contributed by atoms with E-state index in [4.69, 9.17) is 11.6 Å². The van der Waals surface area contributed by atoms with Crippen molar-refractivity contribution in [2.24, 2.45) is 7.05 Å². The maximum atomic E-state index is 14.1. The van der Waals surface area contributed by atoms with E-state index >= 15 is 0 Å². The van der Waals surface area contributed by atoms with Crippen molar-refractivity contribution < 1.29 is 23.2 Å². The van der Waals surface area contributed by atoms with Gasteiger partial charge < -0.3 is 15.2 Å². The van der Waals surface area contributed by atoms with E-state index in [9.17, 15) is 23.2 Å². The summed E-state index contributed by atoms with van der Waals surface area (Å²) in [6.07, 6.45) is 0. The Kier molecular flexibility index (Phi) is 7.13. The Bertz CT molecular complexity index is 1560. The van der Waals surface area contributed by atoms with Gasteiger partial charge in [0, 0.05) is 36.1 Å². The highest BCUT2D eigenvalue weighted by Gasteiger charge is 2.28. The van der Waals surface area contributed by atoms with Gasteiger partial charge in [-0.3, -0.25) is 19.1 Å². The molecule has 0 fully saturated rings. The second-order valence-corrected chi connectivity index (χ2v) is 9.08. The van der Waals surface area contributed by atoms with Crippen LogP contribution in [0.15, 0.2) is 42.5 Å². The van der Waals surface area contributed by atoms with Gasteiger partial charge in [-0.15, -0.1) is 0 Å². The fourth-order valence-corrected chi connectivity index (χ4v) is 4.70. The van der Waals surface area contributed by atoms with Crippen LogP contribution in [0.4, 0.5) is 14.5 Å². The number of hydrogen-bond donors (Lipinski definition) is 2. The number of ketones is 1. The number of anilines is 1. The van der Waals surface area contributed by atoms with Gasteiger partial charge in [-0.2, -0.15) is 5.10 Å². The van der Waals surface area contributed by atoms with Crippen molar-refractivity contribution in [3.63, 3.8) is 0 Å². The summed E-state index contributed by atoms with van der Waals surface area (Å²) >= 11 is 6.37. The van der Waals surface area contributed by atoms with Gasteiger partial charge in [0.15, 0.2) is 5.69 Å². The lowest BCUT2D eigenvalue weighted by atomic mass is 9.96. The summed E-state index contributed by atoms with van der Waals surface area (Å²) in [4.78, 5) is 38.3. The van der Waals surface area contributed by atoms with Crippen molar-refractivity contribution in [1.82, 2.24) is 19.7 Å². The number of amides is 2. The number of aryl methyl sites for hydroxylation is 1. The van der Waals surface area contributed by atoms with Gasteiger partial charge in [0.1, 0.15) is 23.1 Å². The first-order valence-electron chi connectivity index (χ1n) is 11.3. The number of aromatic nitrogens is 3. The molecule has 4 aromatic rings. The Morgan fingerprint density at radius 2 is 1.73 bits per heavy atom. The van der Waals surface area contributed by atoms with Crippen LogP contribution in [0.1, 0.15) is 52.0 Å². The number of hydrogen-bond acceptors (Lipinski definition) is 4. The van der Waals surface area contributed by atoms with Crippen molar-refractivity contribution in [3.8, 4) is 0 Å². The first kappa shape index (κ1) is 26.0. The molecule has 2 N–H and O–H groups in total. The number of nitrogens with zero attached hydrogens (tertiary/aromatic N) is 3. The number of rotatable bonds is 7. The Morgan fingerprint density at radius 3 is 2.41 bits per heavy atom. The molecular weight excluding hydrogens is 504 g/mol. The molecule has 0 saturated heterocycles. The maximum absolute atomic E-state index is 14.1. The summed E-state index contributed by atoms with van der Waals surface area (Å²) in [6.45, 7) is 2.91. The summed E-state index contributed by atoms with van der Waals surface area (Å²) in [7, 11) is 3.07. The molecule has 37 heavy (non-hydrogen) atoms. The summed E-state index contributed by atoms with van der Waals surface area (Å²) in [5.41, 5.74) is 1.59. The maximum Gasteiger partial charge on any atom is 0.276 e. The quantitative estimate of drug-likeness (QED) is 0.365. The van der Waals surface area contributed by atoms with Crippen molar-refractivity contribution in [2.75, 3.05) is 12.4 Å². The van der Waals surface area contributed by atoms with Gasteiger partial charge in [0.2, 0.25) is 0 Å². The predicted molar refractivity (Wildman–Crippen MR) is 136 cm³/mol. The number of fused-ring (bicyclic) bond motifs is 1. The lowest BCUT2D eigenvalue weighted by Gasteiger charge is -2.20. The molecule has 0 spiro atoms. The van der Waals surface area contributed by atoms with Gasteiger partial charge in [-0.05, 0) is 55.0 Å². The SMILES string of the molecule is CNC(=O)c1cc(NC(=O)c2nn(C)c3ccc(F)cc23)c([C@@H](C)c2cc(F)ccc2Cl)n1CC(C)=O. The van der Waals surface area contributed by atoms with Crippen LogP contribution in [0, 0.1) is 11.6 Å². The number of Topliss-reactive ketones (excluding diaryl/α,β-unsaturated/α-hetero) is 1. The van der Waals surface area contributed by atoms with Crippen molar-refractivity contribution >= 4 is 45.8 Å². The molecule has 8 nitrogen and oxygen atoms in total. The summed E-state index contributed by atoms with van der Waals surface area (Å²) in [6, 6.07) is 9.32. The van der Waals surface area contributed by atoms with Gasteiger partial charge >= 0.3 is 0 Å². The summed E-state index contributed by atoms with van der Waals surface area (Å²) < 4.78 is 31.0. The summed E-state index contributed by atoms with van der Waals surface area (Å²) in [5, 5.41) is 10.1. The topological polar surface area (TPSA) is 98.0 Å². The van der Waals surface area contributed by atoms with Gasteiger partial charge in [-0.25, -0.2) is 8.78 Å². The molecule has 192 valence electrons. The molecule has 2 aromatic heterocycles. The van der Waals surface area contributed by atoms with Crippen molar-refractivity contribution in [1.29, 1.82) is 0 Å². The van der Waals surface area contributed by atoms with Gasteiger partial charge in [0.05, 0.1) is 17.7 Å². The number of carbonyl (C=O) groups excluding carboxylic acids is 3. The molecule has 4 rings (SSSR count). The third kappa shape index (κ3) is 4.97. The zero-order valence-electron chi connectivity index (χ0n) is 20.5. The Morgan fingerprint density at radius 1 is 1.05 bits per heavy atom. The molecule has 0 aliphatic heterocycles. The van der Waals surface area contributed by atoms with Crippen molar-refractivity contribution in [2.45, 2.75) is 26.3 Å². The van der Waals surface area contributed by atoms with E-state index in [1.165, 1.54) is 65.7 Å². The zero-order chi connectivity index (χ0) is 27.0. The normalized spacial score (nSPS) is 12.0. The van der Waals surface area contributed by atoms with Crippen LogP contribution in [-0.2, 0) is 18.4 Å². The third-order valence-electron chi connectivity index (χ3n) is 6.09. The molecule has 2 heterocycles. The minimum atomic E-state index is -0.654. The highest BCUT2D eigenvalue weighted by Crippen LogP contribution is 2.37. The van der Waals surface area contributed by atoms with Crippen LogP contribution in [-0.4, -0.2) is 39.0 Å². The van der Waals surface area contributed by atoms with E-state index in [-0.39, 0.29) is 34.4 Å². The molecule has 0 aliphatic carbocycles. The molecule has 0 bridgehead atoms. The fraction of sp³-hybridized carbons (Fsp3) is 0.231. The molecule has 2 amide bonds. The fourth-order valence-electron chi connectivity index (χ4n) is 4.42. The monoisotopic (exact) mass is 527 g/mol. The molecular formula is C26H24ClF2N5O3. The lowest BCUT2D eigenvalue weighted by Crippen LogP contribution is -2.24. The average Bonchev–Trinajstić information content (AvgIpc) is 3.36. The van der Waals surface area contributed by atoms with E-state index < -0.39 is 29.4 Å². The lowest BCUT2D eigenvalue weighted by molar-refractivity contribution is -0.117. The molecule has 0 saturated carbocycles. The molecule has 0 aliphatic rings. The van der Waals surface area contributed by atoms with Crippen LogP contribution in [0.25, 0.3) is 10.9 Å². The highest BCUT2D eigenvalue weighted by molar-refractivity contribution is 6.31. The predicted octanol–water partition coefficient (Wildman–Crippen LogP) is 4.66. The molecule has 0 unspecified atom stereocenters. The van der Waals surface area contributed by atoms with Crippen molar-refractivity contribution in [3.05, 3.63) is 81.8 Å². The molecule has 0 radical (unpaired) electrons. The standard InChI is InChI=1S/C26H24ClF2N5O3/c1-13(35)12-34-22(25(36)30-3)11-20(24(34)14(2)17-9-15(28)5-7-19(17)27)31-26(37)23-18-10-16(29)6-8-21(18)33(4)32-23/h5-11,14H,12H2,1-4H3,(H,30,36)(H,31,37)/t14-/m0/s1. The van der Waals surface area contributed by atoms with Gasteiger partial charge in [-0.1, -0.05) is 18.5 Å². The minimum Gasteiger partial charge on any atom is -0.354 e. The molecule has 11 heteroatoms. The molecule has 2 aromatic carbocycles. The first-order chi connectivity index (χ1) is 17.5. The average molecular weight is 528 g/mol. The van der Waals surface area contributed by atoms with E-state index in [1.54, 1.807) is 14.0 Å². The van der Waals surface area contributed by atoms with Crippen LogP contribution in [0.5, 0.6) is 0 Å². The smallest absolute Gasteiger partial charge is 0.276 e. The third-order valence-corrected chi connectivity index (χ3v) is 6.43. The number of nitrogens with one attached hydrogen (secondary N) is 2. The largest absolute Gasteiger partial charge is 0.354 e. The first-order valence-corrected chi connectivity index (χ1v) is 11.7. The number of benzene rings is 2. The Hall–Kier alpha value is -4.05. The Balaban J connectivity index is 1.89. The number of halogens is 3. The zero-order valence-corrected chi connectivity index (χ0v) is 21.3. The van der Waals surface area contributed by atoms with Crippen LogP contribution in [0.3, 0.4) is 0 Å². The van der Waals surface area contributed by atoms with Crippen LogP contribution in [0.2, 0.25) is 5.02 Å². The Labute approximate surface area is 216 Å².